The quantitative estimate of drug-likeness (QED) is 0.934. The molecule has 0 aromatic heterocycles. The zero-order valence-electron chi connectivity index (χ0n) is 11.4. The van der Waals surface area contributed by atoms with Gasteiger partial charge in [0.15, 0.2) is 0 Å². The van der Waals surface area contributed by atoms with E-state index in [9.17, 15) is 9.18 Å². The monoisotopic (exact) mass is 286 g/mol. The Hall–Kier alpha value is -2.36. The van der Waals surface area contributed by atoms with Gasteiger partial charge in [0.05, 0.1) is 5.56 Å². The molecular formula is C17H15FO3. The summed E-state index contributed by atoms with van der Waals surface area (Å²) in [7, 11) is 0. The lowest BCUT2D eigenvalue weighted by Crippen LogP contribution is -2.02. The van der Waals surface area contributed by atoms with Crippen molar-refractivity contribution in [2.75, 3.05) is 0 Å². The van der Waals surface area contributed by atoms with Gasteiger partial charge in [0.1, 0.15) is 18.2 Å². The van der Waals surface area contributed by atoms with Gasteiger partial charge in [0.2, 0.25) is 0 Å². The van der Waals surface area contributed by atoms with Crippen molar-refractivity contribution in [3.05, 3.63) is 64.5 Å². The number of halogens is 1. The standard InChI is InChI=1S/C17H15FO3/c18-16-9-14(6-7-15(16)17(19)20)21-10-11-4-5-12-2-1-3-13(12)8-11/h4-9H,1-3,10H2,(H,19,20). The average Bonchev–Trinajstić information content (AvgIpc) is 2.92. The highest BCUT2D eigenvalue weighted by molar-refractivity contribution is 5.88. The van der Waals surface area contributed by atoms with Gasteiger partial charge < -0.3 is 9.84 Å². The van der Waals surface area contributed by atoms with E-state index in [-0.39, 0.29) is 5.56 Å². The van der Waals surface area contributed by atoms with E-state index in [1.807, 2.05) is 6.07 Å². The van der Waals surface area contributed by atoms with Crippen molar-refractivity contribution in [2.24, 2.45) is 0 Å². The number of carbonyl (C=O) groups is 1. The minimum absolute atomic E-state index is 0.331. The Bertz CT molecular complexity index is 694. The Kier molecular flexibility index (Phi) is 3.60. The van der Waals surface area contributed by atoms with E-state index < -0.39 is 11.8 Å². The molecule has 0 heterocycles. The van der Waals surface area contributed by atoms with E-state index in [2.05, 4.69) is 12.1 Å². The van der Waals surface area contributed by atoms with E-state index in [0.717, 1.165) is 24.5 Å². The summed E-state index contributed by atoms with van der Waals surface area (Å²) in [4.78, 5) is 10.7. The van der Waals surface area contributed by atoms with Gasteiger partial charge in [0, 0.05) is 6.07 Å². The third kappa shape index (κ3) is 2.89. The molecule has 4 heteroatoms. The van der Waals surface area contributed by atoms with Gasteiger partial charge in [-0.15, -0.1) is 0 Å². The van der Waals surface area contributed by atoms with E-state index >= 15 is 0 Å². The molecule has 21 heavy (non-hydrogen) atoms. The number of ether oxygens (including phenoxy) is 1. The Morgan fingerprint density at radius 3 is 2.71 bits per heavy atom. The van der Waals surface area contributed by atoms with Crippen LogP contribution in [0.25, 0.3) is 0 Å². The fourth-order valence-electron chi connectivity index (χ4n) is 2.64. The molecule has 1 aliphatic carbocycles. The lowest BCUT2D eigenvalue weighted by Gasteiger charge is -2.09. The first-order chi connectivity index (χ1) is 10.1. The van der Waals surface area contributed by atoms with Crippen molar-refractivity contribution in [3.63, 3.8) is 0 Å². The number of carboxylic acid groups (broad SMARTS) is 1. The smallest absolute Gasteiger partial charge is 0.338 e. The van der Waals surface area contributed by atoms with E-state index in [1.165, 1.54) is 29.7 Å². The van der Waals surface area contributed by atoms with Crippen LogP contribution in [0.1, 0.15) is 33.5 Å². The van der Waals surface area contributed by atoms with Gasteiger partial charge in [0.25, 0.3) is 0 Å². The predicted octanol–water partition coefficient (Wildman–Crippen LogP) is 3.59. The summed E-state index contributed by atoms with van der Waals surface area (Å²) in [6, 6.07) is 10.1. The molecule has 0 amide bonds. The summed E-state index contributed by atoms with van der Waals surface area (Å²) < 4.78 is 19.1. The summed E-state index contributed by atoms with van der Waals surface area (Å²) in [5.74, 6) is -1.73. The second kappa shape index (κ2) is 5.56. The zero-order valence-corrected chi connectivity index (χ0v) is 11.4. The SMILES string of the molecule is O=C(O)c1ccc(OCc2ccc3c(c2)CCC3)cc1F. The lowest BCUT2D eigenvalue weighted by atomic mass is 10.1. The molecule has 3 rings (SSSR count). The maximum Gasteiger partial charge on any atom is 0.338 e. The molecule has 0 saturated carbocycles. The molecule has 0 bridgehead atoms. The predicted molar refractivity (Wildman–Crippen MR) is 76.2 cm³/mol. The molecule has 1 N–H and O–H groups in total. The normalized spacial score (nSPS) is 13.0. The summed E-state index contributed by atoms with van der Waals surface area (Å²) in [6.45, 7) is 0.346. The highest BCUT2D eigenvalue weighted by Crippen LogP contribution is 2.24. The Balaban J connectivity index is 1.70. The molecule has 108 valence electrons. The molecule has 0 aliphatic heterocycles. The molecule has 0 unspecified atom stereocenters. The summed E-state index contributed by atoms with van der Waals surface area (Å²) >= 11 is 0. The highest BCUT2D eigenvalue weighted by Gasteiger charge is 2.12. The van der Waals surface area contributed by atoms with Crippen molar-refractivity contribution in [3.8, 4) is 5.75 Å². The van der Waals surface area contributed by atoms with Gasteiger partial charge in [-0.1, -0.05) is 18.2 Å². The van der Waals surface area contributed by atoms with E-state index in [0.29, 0.717) is 12.4 Å². The Morgan fingerprint density at radius 2 is 1.95 bits per heavy atom. The minimum Gasteiger partial charge on any atom is -0.489 e. The summed E-state index contributed by atoms with van der Waals surface area (Å²) in [5.41, 5.74) is 3.46. The summed E-state index contributed by atoms with van der Waals surface area (Å²) in [5, 5.41) is 8.77. The maximum absolute atomic E-state index is 13.5. The average molecular weight is 286 g/mol. The first-order valence-electron chi connectivity index (χ1n) is 6.90. The molecule has 2 aromatic carbocycles. The molecule has 0 fully saturated rings. The molecule has 0 atom stereocenters. The van der Waals surface area contributed by atoms with Crippen LogP contribution < -0.4 is 4.74 Å². The maximum atomic E-state index is 13.5. The van der Waals surface area contributed by atoms with Crippen molar-refractivity contribution < 1.29 is 19.0 Å². The van der Waals surface area contributed by atoms with Crippen LogP contribution in [0.3, 0.4) is 0 Å². The van der Waals surface area contributed by atoms with Gasteiger partial charge in [-0.2, -0.15) is 0 Å². The Labute approximate surface area is 122 Å². The molecule has 0 radical (unpaired) electrons. The first-order valence-corrected chi connectivity index (χ1v) is 6.90. The molecule has 0 saturated heterocycles. The number of hydrogen-bond acceptors (Lipinski definition) is 2. The number of aromatic carboxylic acids is 1. The van der Waals surface area contributed by atoms with Crippen molar-refractivity contribution >= 4 is 5.97 Å². The Morgan fingerprint density at radius 1 is 1.14 bits per heavy atom. The molecule has 3 nitrogen and oxygen atoms in total. The van der Waals surface area contributed by atoms with E-state index in [1.54, 1.807) is 0 Å². The van der Waals surface area contributed by atoms with Crippen LogP contribution >= 0.6 is 0 Å². The topological polar surface area (TPSA) is 46.5 Å². The van der Waals surface area contributed by atoms with Gasteiger partial charge >= 0.3 is 5.97 Å². The van der Waals surface area contributed by atoms with Gasteiger partial charge in [-0.05, 0) is 48.1 Å². The summed E-state index contributed by atoms with van der Waals surface area (Å²) in [6.07, 6.45) is 3.44. The number of hydrogen-bond donors (Lipinski definition) is 1. The van der Waals surface area contributed by atoms with Crippen LogP contribution in [0.15, 0.2) is 36.4 Å². The number of benzene rings is 2. The zero-order chi connectivity index (χ0) is 14.8. The molecular weight excluding hydrogens is 271 g/mol. The molecule has 0 spiro atoms. The van der Waals surface area contributed by atoms with E-state index in [4.69, 9.17) is 9.84 Å². The van der Waals surface area contributed by atoms with Crippen LogP contribution in [0, 0.1) is 5.82 Å². The van der Waals surface area contributed by atoms with Gasteiger partial charge in [-0.25, -0.2) is 9.18 Å². The minimum atomic E-state index is -1.28. The van der Waals surface area contributed by atoms with Crippen molar-refractivity contribution in [2.45, 2.75) is 25.9 Å². The second-order valence-electron chi connectivity index (χ2n) is 5.19. The number of aryl methyl sites for hydroxylation is 2. The van der Waals surface area contributed by atoms with Gasteiger partial charge in [-0.3, -0.25) is 0 Å². The van der Waals surface area contributed by atoms with Crippen molar-refractivity contribution in [1.29, 1.82) is 0 Å². The van der Waals surface area contributed by atoms with Crippen LogP contribution in [-0.2, 0) is 19.4 Å². The number of rotatable bonds is 4. The lowest BCUT2D eigenvalue weighted by molar-refractivity contribution is 0.0692. The largest absolute Gasteiger partial charge is 0.489 e. The third-order valence-corrected chi connectivity index (χ3v) is 3.74. The molecule has 2 aromatic rings. The second-order valence-corrected chi connectivity index (χ2v) is 5.19. The third-order valence-electron chi connectivity index (χ3n) is 3.74. The fraction of sp³-hybridized carbons (Fsp3) is 0.235. The number of fused-ring (bicyclic) bond motifs is 1. The van der Waals surface area contributed by atoms with Crippen LogP contribution in [-0.4, -0.2) is 11.1 Å². The number of carboxylic acids is 1. The molecule has 1 aliphatic rings. The van der Waals surface area contributed by atoms with Crippen LogP contribution in [0.2, 0.25) is 0 Å². The first kappa shape index (κ1) is 13.6. The van der Waals surface area contributed by atoms with Crippen LogP contribution in [0.5, 0.6) is 5.75 Å². The fourth-order valence-corrected chi connectivity index (χ4v) is 2.64. The highest BCUT2D eigenvalue weighted by atomic mass is 19.1. The van der Waals surface area contributed by atoms with Crippen molar-refractivity contribution in [1.82, 2.24) is 0 Å². The van der Waals surface area contributed by atoms with Crippen LogP contribution in [0.4, 0.5) is 4.39 Å².